The summed E-state index contributed by atoms with van der Waals surface area (Å²) in [6, 6.07) is 2.70. The molecule has 0 aromatic heterocycles. The molecule has 0 bridgehead atoms. The van der Waals surface area contributed by atoms with Gasteiger partial charge in [0.25, 0.3) is 0 Å². The summed E-state index contributed by atoms with van der Waals surface area (Å²) in [6.45, 7) is 6.67. The number of likely N-dealkylation sites (tertiary alicyclic amines) is 1. The van der Waals surface area contributed by atoms with Gasteiger partial charge in [-0.25, -0.2) is 0 Å². The summed E-state index contributed by atoms with van der Waals surface area (Å²) in [5, 5.41) is 3.63. The maximum Gasteiger partial charge on any atom is 0.0263 e. The molecule has 3 nitrogen and oxygen atoms in total. The average molecular weight is 249 g/mol. The Balaban J connectivity index is 1.46. The Kier molecular flexibility index (Phi) is 3.10. The van der Waals surface area contributed by atoms with Gasteiger partial charge in [0.05, 0.1) is 0 Å². The van der Waals surface area contributed by atoms with Crippen LogP contribution >= 0.6 is 0 Å². The highest BCUT2D eigenvalue weighted by atomic mass is 15.3. The van der Waals surface area contributed by atoms with E-state index in [4.69, 9.17) is 0 Å². The van der Waals surface area contributed by atoms with Crippen LogP contribution in [0.2, 0.25) is 0 Å². The van der Waals surface area contributed by atoms with E-state index in [1.807, 2.05) is 0 Å². The van der Waals surface area contributed by atoms with E-state index in [1.54, 1.807) is 0 Å². The number of rotatable bonds is 1. The van der Waals surface area contributed by atoms with Crippen LogP contribution in [-0.4, -0.2) is 60.6 Å². The molecule has 0 radical (unpaired) electrons. The zero-order chi connectivity index (χ0) is 11.9. The molecule has 0 saturated carbocycles. The fourth-order valence-corrected chi connectivity index (χ4v) is 5.06. The van der Waals surface area contributed by atoms with E-state index in [2.05, 4.69) is 15.1 Å². The van der Waals surface area contributed by atoms with Gasteiger partial charge in [-0.1, -0.05) is 0 Å². The lowest BCUT2D eigenvalue weighted by atomic mass is 9.87. The molecule has 4 rings (SSSR count). The third kappa shape index (κ3) is 1.91. The van der Waals surface area contributed by atoms with Crippen molar-refractivity contribution in [2.24, 2.45) is 5.92 Å². The monoisotopic (exact) mass is 249 g/mol. The highest BCUT2D eigenvalue weighted by Gasteiger charge is 2.41. The largest absolute Gasteiger partial charge is 0.315 e. The Morgan fingerprint density at radius 2 is 1.78 bits per heavy atom. The van der Waals surface area contributed by atoms with Crippen LogP contribution < -0.4 is 5.32 Å². The SMILES string of the molecule is C1CC2CC(N3CCCC4CNCC43)CCN2C1. The molecule has 4 atom stereocenters. The van der Waals surface area contributed by atoms with Crippen LogP contribution in [0.15, 0.2) is 0 Å². The van der Waals surface area contributed by atoms with Crippen molar-refractivity contribution in [3.8, 4) is 0 Å². The molecule has 102 valence electrons. The van der Waals surface area contributed by atoms with Gasteiger partial charge >= 0.3 is 0 Å². The summed E-state index contributed by atoms with van der Waals surface area (Å²) in [7, 11) is 0. The molecule has 0 aliphatic carbocycles. The second-order valence-electron chi connectivity index (χ2n) is 6.88. The lowest BCUT2D eigenvalue weighted by Crippen LogP contribution is -2.55. The number of nitrogens with zero attached hydrogens (tertiary/aromatic N) is 2. The van der Waals surface area contributed by atoms with E-state index in [0.717, 1.165) is 24.0 Å². The Morgan fingerprint density at radius 3 is 2.78 bits per heavy atom. The normalized spacial score (nSPS) is 46.0. The Labute approximate surface area is 111 Å². The summed E-state index contributed by atoms with van der Waals surface area (Å²) >= 11 is 0. The van der Waals surface area contributed by atoms with Gasteiger partial charge in [-0.05, 0) is 70.6 Å². The average Bonchev–Trinajstić information content (AvgIpc) is 3.05. The van der Waals surface area contributed by atoms with Crippen molar-refractivity contribution in [3.63, 3.8) is 0 Å². The Bertz CT molecular complexity index is 306. The van der Waals surface area contributed by atoms with Crippen molar-refractivity contribution < 1.29 is 0 Å². The molecule has 4 aliphatic rings. The predicted molar refractivity (Wildman–Crippen MR) is 73.7 cm³/mol. The topological polar surface area (TPSA) is 18.5 Å². The fourth-order valence-electron chi connectivity index (χ4n) is 5.06. The van der Waals surface area contributed by atoms with Crippen LogP contribution in [0.25, 0.3) is 0 Å². The molecule has 0 spiro atoms. The lowest BCUT2D eigenvalue weighted by Gasteiger charge is -2.46. The van der Waals surface area contributed by atoms with Crippen molar-refractivity contribution >= 4 is 0 Å². The van der Waals surface area contributed by atoms with Gasteiger partial charge in [0.1, 0.15) is 0 Å². The first-order valence-corrected chi connectivity index (χ1v) is 8.12. The first-order valence-electron chi connectivity index (χ1n) is 8.12. The summed E-state index contributed by atoms with van der Waals surface area (Å²) < 4.78 is 0. The van der Waals surface area contributed by atoms with E-state index >= 15 is 0 Å². The standard InChI is InChI=1S/C15H27N3/c1-3-12-10-16-11-15(12)18(7-1)14-5-8-17-6-2-4-13(17)9-14/h12-16H,1-11H2. The maximum atomic E-state index is 3.63. The molecule has 4 fully saturated rings. The van der Waals surface area contributed by atoms with Crippen molar-refractivity contribution in [1.29, 1.82) is 0 Å². The number of hydrogen-bond donors (Lipinski definition) is 1. The van der Waals surface area contributed by atoms with Gasteiger partial charge < -0.3 is 10.2 Å². The molecule has 0 aromatic rings. The molecule has 3 heteroatoms. The molecular formula is C15H27N3. The van der Waals surface area contributed by atoms with Crippen molar-refractivity contribution in [2.75, 3.05) is 32.7 Å². The number of piperidine rings is 2. The first-order chi connectivity index (χ1) is 8.92. The molecule has 4 heterocycles. The smallest absolute Gasteiger partial charge is 0.0263 e. The third-order valence-electron chi connectivity index (χ3n) is 5.98. The van der Waals surface area contributed by atoms with E-state index < -0.39 is 0 Å². The maximum absolute atomic E-state index is 3.63. The minimum Gasteiger partial charge on any atom is -0.315 e. The van der Waals surface area contributed by atoms with Crippen LogP contribution in [0.3, 0.4) is 0 Å². The van der Waals surface area contributed by atoms with Crippen molar-refractivity contribution in [3.05, 3.63) is 0 Å². The highest BCUT2D eigenvalue weighted by molar-refractivity contribution is 4.98. The second-order valence-corrected chi connectivity index (χ2v) is 6.88. The number of hydrogen-bond acceptors (Lipinski definition) is 3. The summed E-state index contributed by atoms with van der Waals surface area (Å²) in [4.78, 5) is 5.66. The molecule has 4 saturated heterocycles. The van der Waals surface area contributed by atoms with Gasteiger partial charge in [-0.2, -0.15) is 0 Å². The van der Waals surface area contributed by atoms with Gasteiger partial charge in [-0.3, -0.25) is 4.90 Å². The van der Waals surface area contributed by atoms with Gasteiger partial charge in [0, 0.05) is 24.7 Å². The minimum atomic E-state index is 0.872. The molecule has 0 amide bonds. The van der Waals surface area contributed by atoms with Gasteiger partial charge in [0.15, 0.2) is 0 Å². The highest BCUT2D eigenvalue weighted by Crippen LogP contribution is 2.34. The predicted octanol–water partition coefficient (Wildman–Crippen LogP) is 1.30. The van der Waals surface area contributed by atoms with Crippen LogP contribution in [0.5, 0.6) is 0 Å². The quantitative estimate of drug-likeness (QED) is 0.755. The number of fused-ring (bicyclic) bond motifs is 2. The minimum absolute atomic E-state index is 0.872. The Hall–Kier alpha value is -0.120. The molecule has 18 heavy (non-hydrogen) atoms. The van der Waals surface area contributed by atoms with Crippen LogP contribution in [0, 0.1) is 5.92 Å². The van der Waals surface area contributed by atoms with Crippen molar-refractivity contribution in [2.45, 2.75) is 56.7 Å². The lowest BCUT2D eigenvalue weighted by molar-refractivity contribution is 0.0281. The zero-order valence-corrected chi connectivity index (χ0v) is 11.5. The molecular weight excluding hydrogens is 222 g/mol. The van der Waals surface area contributed by atoms with Crippen LogP contribution in [-0.2, 0) is 0 Å². The molecule has 1 N–H and O–H groups in total. The zero-order valence-electron chi connectivity index (χ0n) is 11.5. The van der Waals surface area contributed by atoms with Gasteiger partial charge in [0.2, 0.25) is 0 Å². The summed E-state index contributed by atoms with van der Waals surface area (Å²) in [5.41, 5.74) is 0. The molecule has 0 aromatic carbocycles. The third-order valence-corrected chi connectivity index (χ3v) is 5.98. The van der Waals surface area contributed by atoms with Crippen molar-refractivity contribution in [1.82, 2.24) is 15.1 Å². The van der Waals surface area contributed by atoms with E-state index in [-0.39, 0.29) is 0 Å². The molecule has 4 aliphatic heterocycles. The number of nitrogens with one attached hydrogen (secondary N) is 1. The molecule has 4 unspecified atom stereocenters. The van der Waals surface area contributed by atoms with Gasteiger partial charge in [-0.15, -0.1) is 0 Å². The van der Waals surface area contributed by atoms with E-state index in [1.165, 1.54) is 71.2 Å². The summed E-state index contributed by atoms with van der Waals surface area (Å²) in [5.74, 6) is 0.959. The Morgan fingerprint density at radius 1 is 0.833 bits per heavy atom. The first kappa shape index (κ1) is 11.7. The second kappa shape index (κ2) is 4.77. The van der Waals surface area contributed by atoms with E-state index in [0.29, 0.717) is 0 Å². The van der Waals surface area contributed by atoms with Crippen LogP contribution in [0.1, 0.15) is 38.5 Å². The fraction of sp³-hybridized carbons (Fsp3) is 1.00. The van der Waals surface area contributed by atoms with Crippen LogP contribution in [0.4, 0.5) is 0 Å². The summed E-state index contributed by atoms with van der Waals surface area (Å²) in [6.07, 6.45) is 8.72. The van der Waals surface area contributed by atoms with E-state index in [9.17, 15) is 0 Å².